The van der Waals surface area contributed by atoms with Crippen LogP contribution in [-0.2, 0) is 4.79 Å². The molecule has 1 amide bonds. The standard InChI is InChI=1S/C16H20BrN3O/c1-2-6-18-15-11-9-12(17)14(10-13(11)19-16(15)21)20-7-4-3-5-8-20/h3-4,9-10,15,18H,2,5-8H2,1H3,(H,19,21). The van der Waals surface area contributed by atoms with Gasteiger partial charge in [-0.25, -0.2) is 0 Å². The molecule has 0 spiro atoms. The number of benzene rings is 1. The summed E-state index contributed by atoms with van der Waals surface area (Å²) < 4.78 is 1.05. The number of nitrogens with zero attached hydrogens (tertiary/aromatic N) is 1. The lowest BCUT2D eigenvalue weighted by molar-refractivity contribution is -0.117. The zero-order chi connectivity index (χ0) is 14.8. The maximum absolute atomic E-state index is 12.1. The van der Waals surface area contributed by atoms with Gasteiger partial charge in [-0.3, -0.25) is 4.79 Å². The summed E-state index contributed by atoms with van der Waals surface area (Å²) in [6.45, 7) is 4.87. The highest BCUT2D eigenvalue weighted by molar-refractivity contribution is 9.10. The molecule has 1 atom stereocenters. The first-order chi connectivity index (χ1) is 10.2. The number of amides is 1. The molecule has 0 aromatic heterocycles. The molecule has 0 aliphatic carbocycles. The van der Waals surface area contributed by atoms with Crippen LogP contribution in [0.5, 0.6) is 0 Å². The van der Waals surface area contributed by atoms with Crippen LogP contribution in [0.25, 0.3) is 0 Å². The molecule has 2 heterocycles. The van der Waals surface area contributed by atoms with Crippen molar-refractivity contribution in [3.8, 4) is 0 Å². The topological polar surface area (TPSA) is 44.4 Å². The Morgan fingerprint density at radius 2 is 2.29 bits per heavy atom. The van der Waals surface area contributed by atoms with E-state index >= 15 is 0 Å². The van der Waals surface area contributed by atoms with Crippen molar-refractivity contribution in [2.24, 2.45) is 0 Å². The lowest BCUT2D eigenvalue weighted by atomic mass is 10.1. The van der Waals surface area contributed by atoms with Gasteiger partial charge in [0.25, 0.3) is 0 Å². The summed E-state index contributed by atoms with van der Waals surface area (Å²) in [5, 5.41) is 6.30. The van der Waals surface area contributed by atoms with Crippen LogP contribution in [0.3, 0.4) is 0 Å². The van der Waals surface area contributed by atoms with Crippen LogP contribution in [0.2, 0.25) is 0 Å². The van der Waals surface area contributed by atoms with Crippen LogP contribution in [0, 0.1) is 0 Å². The molecular weight excluding hydrogens is 330 g/mol. The highest BCUT2D eigenvalue weighted by atomic mass is 79.9. The number of nitrogens with one attached hydrogen (secondary N) is 2. The van der Waals surface area contributed by atoms with Crippen LogP contribution in [0.1, 0.15) is 31.4 Å². The predicted molar refractivity (Wildman–Crippen MR) is 89.8 cm³/mol. The molecule has 3 rings (SSSR count). The monoisotopic (exact) mass is 349 g/mol. The van der Waals surface area contributed by atoms with E-state index in [1.165, 1.54) is 0 Å². The Balaban J connectivity index is 1.90. The van der Waals surface area contributed by atoms with Gasteiger partial charge in [-0.1, -0.05) is 19.1 Å². The number of halogens is 1. The van der Waals surface area contributed by atoms with Crippen LogP contribution >= 0.6 is 15.9 Å². The number of anilines is 2. The molecule has 0 fully saturated rings. The van der Waals surface area contributed by atoms with E-state index in [2.05, 4.69) is 62.7 Å². The zero-order valence-electron chi connectivity index (χ0n) is 12.2. The van der Waals surface area contributed by atoms with Gasteiger partial charge in [-0.2, -0.15) is 0 Å². The van der Waals surface area contributed by atoms with Gasteiger partial charge in [0.15, 0.2) is 0 Å². The van der Waals surface area contributed by atoms with Gasteiger partial charge in [0.2, 0.25) is 5.91 Å². The first-order valence-corrected chi connectivity index (χ1v) is 8.27. The summed E-state index contributed by atoms with van der Waals surface area (Å²) in [6.07, 6.45) is 6.48. The molecule has 4 nitrogen and oxygen atoms in total. The van der Waals surface area contributed by atoms with Crippen molar-refractivity contribution in [2.45, 2.75) is 25.8 Å². The average molecular weight is 350 g/mol. The highest BCUT2D eigenvalue weighted by Crippen LogP contribution is 2.39. The number of fused-ring (bicyclic) bond motifs is 1. The molecule has 2 aliphatic rings. The van der Waals surface area contributed by atoms with E-state index in [0.29, 0.717) is 0 Å². The lowest BCUT2D eigenvalue weighted by Crippen LogP contribution is -2.28. The van der Waals surface area contributed by atoms with Crippen molar-refractivity contribution in [2.75, 3.05) is 29.9 Å². The summed E-state index contributed by atoms with van der Waals surface area (Å²) in [4.78, 5) is 14.4. The number of carbonyl (C=O) groups is 1. The summed E-state index contributed by atoms with van der Waals surface area (Å²) in [7, 11) is 0. The van der Waals surface area contributed by atoms with Crippen molar-refractivity contribution in [1.82, 2.24) is 5.32 Å². The van der Waals surface area contributed by atoms with Gasteiger partial charge in [-0.15, -0.1) is 0 Å². The van der Waals surface area contributed by atoms with Gasteiger partial charge in [-0.05, 0) is 47.4 Å². The van der Waals surface area contributed by atoms with Crippen molar-refractivity contribution >= 4 is 33.2 Å². The van der Waals surface area contributed by atoms with E-state index in [9.17, 15) is 4.79 Å². The Bertz CT molecular complexity index is 585. The van der Waals surface area contributed by atoms with Crippen molar-refractivity contribution < 1.29 is 4.79 Å². The third-order valence-corrected chi connectivity index (χ3v) is 4.58. The number of carbonyl (C=O) groups excluding carboxylic acids is 1. The molecule has 0 bridgehead atoms. The van der Waals surface area contributed by atoms with Gasteiger partial charge in [0, 0.05) is 28.8 Å². The molecule has 5 heteroatoms. The van der Waals surface area contributed by atoms with Gasteiger partial charge >= 0.3 is 0 Å². The second-order valence-electron chi connectivity index (χ2n) is 5.47. The molecule has 0 saturated heterocycles. The van der Waals surface area contributed by atoms with Crippen LogP contribution < -0.4 is 15.5 Å². The molecule has 1 unspecified atom stereocenters. The van der Waals surface area contributed by atoms with Gasteiger partial charge < -0.3 is 15.5 Å². The van der Waals surface area contributed by atoms with Crippen LogP contribution in [0.4, 0.5) is 11.4 Å². The van der Waals surface area contributed by atoms with Crippen LogP contribution in [0.15, 0.2) is 28.8 Å². The molecule has 21 heavy (non-hydrogen) atoms. The number of hydrogen-bond donors (Lipinski definition) is 2. The van der Waals surface area contributed by atoms with Gasteiger partial charge in [0.1, 0.15) is 6.04 Å². The quantitative estimate of drug-likeness (QED) is 0.820. The fourth-order valence-electron chi connectivity index (χ4n) is 2.86. The van der Waals surface area contributed by atoms with E-state index in [4.69, 9.17) is 0 Å². The largest absolute Gasteiger partial charge is 0.367 e. The highest BCUT2D eigenvalue weighted by Gasteiger charge is 2.31. The van der Waals surface area contributed by atoms with E-state index < -0.39 is 0 Å². The van der Waals surface area contributed by atoms with Crippen molar-refractivity contribution in [3.05, 3.63) is 34.3 Å². The minimum Gasteiger partial charge on any atom is -0.367 e. The van der Waals surface area contributed by atoms with E-state index in [0.717, 1.165) is 53.9 Å². The van der Waals surface area contributed by atoms with Crippen molar-refractivity contribution in [1.29, 1.82) is 0 Å². The number of hydrogen-bond acceptors (Lipinski definition) is 3. The summed E-state index contributed by atoms with van der Waals surface area (Å²) in [5.74, 6) is 0.0426. The average Bonchev–Trinajstić information content (AvgIpc) is 2.80. The predicted octanol–water partition coefficient (Wildman–Crippen LogP) is 3.21. The second-order valence-corrected chi connectivity index (χ2v) is 6.33. The Morgan fingerprint density at radius 3 is 3.00 bits per heavy atom. The first-order valence-electron chi connectivity index (χ1n) is 7.48. The molecule has 1 aromatic carbocycles. The summed E-state index contributed by atoms with van der Waals surface area (Å²) in [6, 6.07) is 3.93. The maximum atomic E-state index is 12.1. The van der Waals surface area contributed by atoms with E-state index in [1.54, 1.807) is 0 Å². The fraction of sp³-hybridized carbons (Fsp3) is 0.438. The Hall–Kier alpha value is -1.33. The summed E-state index contributed by atoms with van der Waals surface area (Å²) in [5.41, 5.74) is 3.12. The van der Waals surface area contributed by atoms with Crippen LogP contribution in [-0.4, -0.2) is 25.5 Å². The third kappa shape index (κ3) is 2.85. The minimum absolute atomic E-state index is 0.0426. The molecule has 2 N–H and O–H groups in total. The normalized spacial score (nSPS) is 20.6. The Labute approximate surface area is 133 Å². The van der Waals surface area contributed by atoms with E-state index in [1.807, 2.05) is 0 Å². The molecule has 2 aliphatic heterocycles. The molecule has 0 saturated carbocycles. The van der Waals surface area contributed by atoms with Gasteiger partial charge in [0.05, 0.1) is 5.69 Å². The lowest BCUT2D eigenvalue weighted by Gasteiger charge is -2.27. The fourth-order valence-corrected chi connectivity index (χ4v) is 3.48. The Morgan fingerprint density at radius 1 is 1.43 bits per heavy atom. The first kappa shape index (κ1) is 14.6. The molecule has 112 valence electrons. The molecule has 1 aromatic rings. The third-order valence-electron chi connectivity index (χ3n) is 3.95. The second kappa shape index (κ2) is 6.20. The minimum atomic E-state index is -0.230. The Kier molecular flexibility index (Phi) is 4.31. The molecular formula is C16H20BrN3O. The zero-order valence-corrected chi connectivity index (χ0v) is 13.7. The smallest absolute Gasteiger partial charge is 0.246 e. The molecule has 0 radical (unpaired) electrons. The SMILES string of the molecule is CCCNC1C(=O)Nc2cc(N3CC=CCC3)c(Br)cc21. The maximum Gasteiger partial charge on any atom is 0.246 e. The van der Waals surface area contributed by atoms with E-state index in [-0.39, 0.29) is 11.9 Å². The van der Waals surface area contributed by atoms with Crippen molar-refractivity contribution in [3.63, 3.8) is 0 Å². The summed E-state index contributed by atoms with van der Waals surface area (Å²) >= 11 is 3.67. The number of rotatable bonds is 4.